The van der Waals surface area contributed by atoms with Crippen LogP contribution in [-0.2, 0) is 4.79 Å². The van der Waals surface area contributed by atoms with E-state index in [-0.39, 0.29) is 23.5 Å². The van der Waals surface area contributed by atoms with Crippen molar-refractivity contribution in [2.24, 2.45) is 5.41 Å². The number of carbonyl (C=O) groups excluding carboxylic acids is 1. The van der Waals surface area contributed by atoms with Crippen molar-refractivity contribution in [3.8, 4) is 0 Å². The Bertz CT molecular complexity index is 544. The monoisotopic (exact) mass is 338 g/mol. The highest BCUT2D eigenvalue weighted by molar-refractivity contribution is 5.93. The van der Waals surface area contributed by atoms with Gasteiger partial charge in [0.25, 0.3) is 0 Å². The van der Waals surface area contributed by atoms with Gasteiger partial charge in [0.1, 0.15) is 0 Å². The van der Waals surface area contributed by atoms with Crippen LogP contribution in [0.1, 0.15) is 33.4 Å². The van der Waals surface area contributed by atoms with Crippen molar-refractivity contribution in [2.75, 3.05) is 38.0 Å². The van der Waals surface area contributed by atoms with E-state index in [1.807, 2.05) is 34.6 Å². The first-order valence-electron chi connectivity index (χ1n) is 8.55. The molecule has 0 aliphatic carbocycles. The van der Waals surface area contributed by atoms with Crippen LogP contribution in [-0.4, -0.2) is 70.8 Å². The lowest BCUT2D eigenvalue weighted by Gasteiger charge is -2.39. The lowest BCUT2D eigenvalue weighted by Crippen LogP contribution is -2.54. The normalized spacial score (nSPS) is 19.9. The summed E-state index contributed by atoms with van der Waals surface area (Å²) in [7, 11) is 0. The van der Waals surface area contributed by atoms with Gasteiger partial charge in [0.15, 0.2) is 0 Å². The molecule has 0 saturated carbocycles. The first-order valence-corrected chi connectivity index (χ1v) is 8.55. The highest BCUT2D eigenvalue weighted by Gasteiger charge is 2.29. The summed E-state index contributed by atoms with van der Waals surface area (Å²) in [5, 5.41) is 16.8. The molecule has 1 aliphatic rings. The standard InChI is InChI=1S/C17H30N4O3/c1-12-10-15(24-19-12)18-16(23)13(2)21-8-6-20(7-9-21)11-14(22)17(3,4)5/h10,13-14,22H,6-9,11H2,1-5H3,(H,18,23)/t13-,14-/m1/s1. The van der Waals surface area contributed by atoms with Crippen LogP contribution in [0.2, 0.25) is 0 Å². The van der Waals surface area contributed by atoms with Gasteiger partial charge in [-0.3, -0.25) is 19.9 Å². The maximum absolute atomic E-state index is 12.3. The molecule has 2 rings (SSSR count). The van der Waals surface area contributed by atoms with E-state index in [1.165, 1.54) is 0 Å². The minimum absolute atomic E-state index is 0.0886. The van der Waals surface area contributed by atoms with E-state index in [2.05, 4.69) is 20.3 Å². The molecule has 0 bridgehead atoms. The smallest absolute Gasteiger partial charge is 0.243 e. The number of hydrogen-bond donors (Lipinski definition) is 2. The number of aliphatic hydroxyl groups excluding tert-OH is 1. The number of rotatable bonds is 5. The minimum atomic E-state index is -0.348. The third kappa shape index (κ3) is 5.03. The van der Waals surface area contributed by atoms with E-state index in [4.69, 9.17) is 4.52 Å². The number of amides is 1. The Morgan fingerprint density at radius 2 is 2.00 bits per heavy atom. The van der Waals surface area contributed by atoms with Gasteiger partial charge >= 0.3 is 0 Å². The Morgan fingerprint density at radius 3 is 2.50 bits per heavy atom. The predicted octanol–water partition coefficient (Wildman–Crippen LogP) is 1.33. The second kappa shape index (κ2) is 7.63. The van der Waals surface area contributed by atoms with Crippen LogP contribution in [0.3, 0.4) is 0 Å². The second-order valence-electron chi connectivity index (χ2n) is 7.72. The molecule has 0 spiro atoms. The summed E-state index contributed by atoms with van der Waals surface area (Å²) in [5.41, 5.74) is 0.628. The number of nitrogens with zero attached hydrogens (tertiary/aromatic N) is 3. The summed E-state index contributed by atoms with van der Waals surface area (Å²) in [6, 6.07) is 1.47. The van der Waals surface area contributed by atoms with E-state index in [0.29, 0.717) is 12.4 Å². The van der Waals surface area contributed by atoms with Gasteiger partial charge < -0.3 is 9.63 Å². The molecular weight excluding hydrogens is 308 g/mol. The zero-order chi connectivity index (χ0) is 17.9. The van der Waals surface area contributed by atoms with Crippen molar-refractivity contribution in [3.63, 3.8) is 0 Å². The van der Waals surface area contributed by atoms with E-state index in [9.17, 15) is 9.90 Å². The number of carbonyl (C=O) groups is 1. The van der Waals surface area contributed by atoms with Gasteiger partial charge in [-0.1, -0.05) is 25.9 Å². The molecule has 24 heavy (non-hydrogen) atoms. The molecule has 1 aromatic heterocycles. The van der Waals surface area contributed by atoms with Crippen molar-refractivity contribution in [1.29, 1.82) is 0 Å². The summed E-state index contributed by atoms with van der Waals surface area (Å²) < 4.78 is 5.03. The number of hydrogen-bond acceptors (Lipinski definition) is 6. The number of piperazine rings is 1. The highest BCUT2D eigenvalue weighted by Crippen LogP contribution is 2.20. The van der Waals surface area contributed by atoms with Crippen LogP contribution in [0.5, 0.6) is 0 Å². The minimum Gasteiger partial charge on any atom is -0.391 e. The Morgan fingerprint density at radius 1 is 1.38 bits per heavy atom. The van der Waals surface area contributed by atoms with Gasteiger partial charge in [-0.05, 0) is 19.3 Å². The molecule has 1 saturated heterocycles. The van der Waals surface area contributed by atoms with E-state index < -0.39 is 0 Å². The van der Waals surface area contributed by atoms with Crippen molar-refractivity contribution in [1.82, 2.24) is 15.0 Å². The Kier molecular flexibility index (Phi) is 6.01. The molecular formula is C17H30N4O3. The highest BCUT2D eigenvalue weighted by atomic mass is 16.5. The topological polar surface area (TPSA) is 81.8 Å². The zero-order valence-electron chi connectivity index (χ0n) is 15.4. The molecule has 0 radical (unpaired) electrons. The molecule has 2 heterocycles. The molecule has 1 amide bonds. The number of aliphatic hydroxyl groups is 1. The molecule has 2 N–H and O–H groups in total. The fourth-order valence-corrected chi connectivity index (χ4v) is 2.67. The maximum Gasteiger partial charge on any atom is 0.243 e. The van der Waals surface area contributed by atoms with Gasteiger partial charge in [0.2, 0.25) is 11.8 Å². The Hall–Kier alpha value is -1.44. The third-order valence-corrected chi connectivity index (χ3v) is 4.64. The summed E-state index contributed by atoms with van der Waals surface area (Å²) >= 11 is 0. The van der Waals surface area contributed by atoms with Crippen LogP contribution in [0.15, 0.2) is 10.6 Å². The van der Waals surface area contributed by atoms with Crippen molar-refractivity contribution in [3.05, 3.63) is 11.8 Å². The molecule has 0 aromatic carbocycles. The van der Waals surface area contributed by atoms with Crippen LogP contribution in [0.25, 0.3) is 0 Å². The molecule has 1 aliphatic heterocycles. The van der Waals surface area contributed by atoms with Gasteiger partial charge in [-0.15, -0.1) is 0 Å². The number of aryl methyl sites for hydroxylation is 1. The van der Waals surface area contributed by atoms with Crippen LogP contribution >= 0.6 is 0 Å². The first kappa shape index (κ1) is 18.9. The van der Waals surface area contributed by atoms with E-state index >= 15 is 0 Å². The van der Waals surface area contributed by atoms with Crippen LogP contribution in [0, 0.1) is 12.3 Å². The number of aromatic nitrogens is 1. The van der Waals surface area contributed by atoms with Gasteiger partial charge in [-0.25, -0.2) is 0 Å². The molecule has 7 nitrogen and oxygen atoms in total. The Labute approximate surface area is 144 Å². The van der Waals surface area contributed by atoms with Gasteiger partial charge in [0, 0.05) is 38.8 Å². The SMILES string of the molecule is Cc1cc(NC(=O)[C@@H](C)N2CCN(C[C@@H](O)C(C)(C)C)CC2)on1. The largest absolute Gasteiger partial charge is 0.391 e. The van der Waals surface area contributed by atoms with E-state index in [1.54, 1.807) is 6.07 Å². The second-order valence-corrected chi connectivity index (χ2v) is 7.72. The summed E-state index contributed by atoms with van der Waals surface area (Å²) in [6.45, 7) is 13.9. The van der Waals surface area contributed by atoms with Crippen LogP contribution < -0.4 is 5.32 Å². The molecule has 136 valence electrons. The summed E-state index contributed by atoms with van der Waals surface area (Å²) in [5.74, 6) is 0.297. The molecule has 1 fully saturated rings. The molecule has 2 atom stereocenters. The van der Waals surface area contributed by atoms with Gasteiger partial charge in [-0.2, -0.15) is 0 Å². The third-order valence-electron chi connectivity index (χ3n) is 4.64. The predicted molar refractivity (Wildman–Crippen MR) is 92.8 cm³/mol. The maximum atomic E-state index is 12.3. The Balaban J connectivity index is 1.79. The van der Waals surface area contributed by atoms with Crippen molar-refractivity contribution >= 4 is 11.8 Å². The quantitative estimate of drug-likeness (QED) is 0.843. The van der Waals surface area contributed by atoms with E-state index in [0.717, 1.165) is 31.9 Å². The van der Waals surface area contributed by atoms with Crippen molar-refractivity contribution in [2.45, 2.75) is 46.8 Å². The lowest BCUT2D eigenvalue weighted by atomic mass is 9.89. The van der Waals surface area contributed by atoms with Gasteiger partial charge in [0.05, 0.1) is 17.8 Å². The van der Waals surface area contributed by atoms with Crippen LogP contribution in [0.4, 0.5) is 5.88 Å². The molecule has 0 unspecified atom stereocenters. The number of β-amino-alcohol motifs (C(OH)–C–C–N with tert-alkyl or cyclic N) is 1. The first-order chi connectivity index (χ1) is 11.2. The van der Waals surface area contributed by atoms with Crippen molar-refractivity contribution < 1.29 is 14.4 Å². The molecule has 7 heteroatoms. The number of anilines is 1. The summed E-state index contributed by atoms with van der Waals surface area (Å²) in [6.07, 6.45) is -0.348. The summed E-state index contributed by atoms with van der Waals surface area (Å²) in [4.78, 5) is 16.7. The average molecular weight is 338 g/mol. The fraction of sp³-hybridized carbons (Fsp3) is 0.765. The zero-order valence-corrected chi connectivity index (χ0v) is 15.4. The lowest BCUT2D eigenvalue weighted by molar-refractivity contribution is -0.121. The average Bonchev–Trinajstić information content (AvgIpc) is 2.91. The molecule has 1 aromatic rings. The number of nitrogens with one attached hydrogen (secondary N) is 1. The fourth-order valence-electron chi connectivity index (χ4n) is 2.67.